The molecule has 0 aliphatic carbocycles. The van der Waals surface area contributed by atoms with Crippen LogP contribution in [-0.2, 0) is 16.1 Å². The summed E-state index contributed by atoms with van der Waals surface area (Å²) in [5, 5.41) is 5.68. The van der Waals surface area contributed by atoms with Crippen molar-refractivity contribution >= 4 is 11.8 Å². The smallest absolute Gasteiger partial charge is 0.242 e. The molecule has 0 radical (unpaired) electrons. The van der Waals surface area contributed by atoms with Crippen LogP contribution in [0.15, 0.2) is 24.5 Å². The van der Waals surface area contributed by atoms with Gasteiger partial charge in [0.1, 0.15) is 6.04 Å². The predicted molar refractivity (Wildman–Crippen MR) is 74.7 cm³/mol. The molecule has 0 aromatic carbocycles. The molecular formula is C14H20N4O2. The highest BCUT2D eigenvalue weighted by Crippen LogP contribution is 2.10. The van der Waals surface area contributed by atoms with Crippen molar-refractivity contribution < 1.29 is 9.59 Å². The molecule has 1 saturated heterocycles. The Morgan fingerprint density at radius 1 is 1.55 bits per heavy atom. The Morgan fingerprint density at radius 2 is 2.35 bits per heavy atom. The molecule has 2 rings (SSSR count). The van der Waals surface area contributed by atoms with Crippen molar-refractivity contribution in [3.05, 3.63) is 30.1 Å². The summed E-state index contributed by atoms with van der Waals surface area (Å²) in [7, 11) is 0. The van der Waals surface area contributed by atoms with E-state index in [1.165, 1.54) is 0 Å². The third-order valence-electron chi connectivity index (χ3n) is 3.29. The number of hydrogen-bond donors (Lipinski definition) is 2. The Labute approximate surface area is 118 Å². The van der Waals surface area contributed by atoms with Crippen LogP contribution in [0.1, 0.15) is 19.4 Å². The van der Waals surface area contributed by atoms with Crippen molar-refractivity contribution in [3.8, 4) is 0 Å². The first kappa shape index (κ1) is 14.5. The number of carbonyl (C=O) groups is 2. The summed E-state index contributed by atoms with van der Waals surface area (Å²) in [6, 6.07) is 3.54. The Hall–Kier alpha value is -1.95. The van der Waals surface area contributed by atoms with E-state index in [0.29, 0.717) is 13.1 Å². The van der Waals surface area contributed by atoms with Gasteiger partial charge in [0.15, 0.2) is 0 Å². The molecule has 0 saturated carbocycles. The molecule has 2 heterocycles. The van der Waals surface area contributed by atoms with E-state index in [1.54, 1.807) is 17.3 Å². The average molecular weight is 276 g/mol. The van der Waals surface area contributed by atoms with E-state index in [0.717, 1.165) is 5.56 Å². The fourth-order valence-corrected chi connectivity index (χ4v) is 2.14. The molecule has 1 aliphatic rings. The standard InChI is InChI=1S/C14H20N4O2/c1-10(2)18(9-11-4-3-5-15-6-11)14(20)12-7-17-13(19)8-16-12/h3-6,10,12,16H,7-9H2,1-2H3,(H,17,19). The van der Waals surface area contributed by atoms with Crippen LogP contribution in [0.3, 0.4) is 0 Å². The quantitative estimate of drug-likeness (QED) is 0.806. The number of hydrogen-bond acceptors (Lipinski definition) is 4. The fourth-order valence-electron chi connectivity index (χ4n) is 2.14. The molecule has 108 valence electrons. The van der Waals surface area contributed by atoms with Crippen molar-refractivity contribution in [1.82, 2.24) is 20.5 Å². The van der Waals surface area contributed by atoms with Crippen LogP contribution in [0.4, 0.5) is 0 Å². The highest BCUT2D eigenvalue weighted by Gasteiger charge is 2.29. The molecule has 1 aliphatic heterocycles. The van der Waals surface area contributed by atoms with Gasteiger partial charge in [-0.1, -0.05) is 6.07 Å². The molecule has 6 nitrogen and oxygen atoms in total. The van der Waals surface area contributed by atoms with Crippen molar-refractivity contribution in [1.29, 1.82) is 0 Å². The Bertz CT molecular complexity index is 465. The topological polar surface area (TPSA) is 74.3 Å². The van der Waals surface area contributed by atoms with Crippen molar-refractivity contribution in [3.63, 3.8) is 0 Å². The number of aromatic nitrogens is 1. The number of pyridine rings is 1. The molecule has 2 amide bonds. The molecule has 1 aromatic rings. The summed E-state index contributed by atoms with van der Waals surface area (Å²) in [4.78, 5) is 29.5. The van der Waals surface area contributed by atoms with Crippen LogP contribution in [-0.4, -0.2) is 46.9 Å². The van der Waals surface area contributed by atoms with Crippen molar-refractivity contribution in [2.45, 2.75) is 32.5 Å². The molecule has 1 atom stereocenters. The van der Waals surface area contributed by atoms with Crippen LogP contribution >= 0.6 is 0 Å². The first-order valence-electron chi connectivity index (χ1n) is 6.77. The van der Waals surface area contributed by atoms with Crippen LogP contribution in [0.5, 0.6) is 0 Å². The van der Waals surface area contributed by atoms with Gasteiger partial charge in [-0.15, -0.1) is 0 Å². The van der Waals surface area contributed by atoms with Gasteiger partial charge in [-0.05, 0) is 25.5 Å². The average Bonchev–Trinajstić information content (AvgIpc) is 2.45. The van der Waals surface area contributed by atoms with E-state index in [-0.39, 0.29) is 30.4 Å². The van der Waals surface area contributed by atoms with E-state index >= 15 is 0 Å². The van der Waals surface area contributed by atoms with Crippen LogP contribution in [0.2, 0.25) is 0 Å². The SMILES string of the molecule is CC(C)N(Cc1cccnc1)C(=O)C1CNC(=O)CN1. The molecule has 1 fully saturated rings. The molecule has 0 bridgehead atoms. The maximum atomic E-state index is 12.5. The first-order valence-corrected chi connectivity index (χ1v) is 6.77. The fraction of sp³-hybridized carbons (Fsp3) is 0.500. The lowest BCUT2D eigenvalue weighted by Gasteiger charge is -2.32. The van der Waals surface area contributed by atoms with Crippen LogP contribution in [0, 0.1) is 0 Å². The number of nitrogens with zero attached hydrogens (tertiary/aromatic N) is 2. The molecule has 1 unspecified atom stereocenters. The summed E-state index contributed by atoms with van der Waals surface area (Å²) in [6.07, 6.45) is 3.47. The lowest BCUT2D eigenvalue weighted by atomic mass is 10.1. The lowest BCUT2D eigenvalue weighted by Crippen LogP contribution is -2.59. The monoisotopic (exact) mass is 276 g/mol. The highest BCUT2D eigenvalue weighted by molar-refractivity contribution is 5.87. The van der Waals surface area contributed by atoms with Crippen molar-refractivity contribution in [2.75, 3.05) is 13.1 Å². The Morgan fingerprint density at radius 3 is 2.90 bits per heavy atom. The largest absolute Gasteiger partial charge is 0.353 e. The van der Waals surface area contributed by atoms with Gasteiger partial charge in [-0.3, -0.25) is 19.9 Å². The summed E-state index contributed by atoms with van der Waals surface area (Å²) in [5.74, 6) is -0.0683. The van der Waals surface area contributed by atoms with Gasteiger partial charge < -0.3 is 10.2 Å². The van der Waals surface area contributed by atoms with E-state index in [1.807, 2.05) is 26.0 Å². The second-order valence-corrected chi connectivity index (χ2v) is 5.16. The number of nitrogens with one attached hydrogen (secondary N) is 2. The number of rotatable bonds is 4. The number of piperazine rings is 1. The summed E-state index contributed by atoms with van der Waals surface area (Å²) < 4.78 is 0. The minimum Gasteiger partial charge on any atom is -0.353 e. The number of amides is 2. The van der Waals surface area contributed by atoms with Gasteiger partial charge >= 0.3 is 0 Å². The minimum atomic E-state index is -0.355. The zero-order valence-corrected chi connectivity index (χ0v) is 11.8. The Kier molecular flexibility index (Phi) is 4.68. The van der Waals surface area contributed by atoms with Crippen LogP contribution in [0.25, 0.3) is 0 Å². The summed E-state index contributed by atoms with van der Waals surface area (Å²) >= 11 is 0. The summed E-state index contributed by atoms with van der Waals surface area (Å²) in [5.41, 5.74) is 0.995. The Balaban J connectivity index is 2.04. The molecule has 1 aromatic heterocycles. The van der Waals surface area contributed by atoms with Gasteiger partial charge in [-0.25, -0.2) is 0 Å². The van der Waals surface area contributed by atoms with E-state index < -0.39 is 0 Å². The third kappa shape index (κ3) is 3.54. The molecular weight excluding hydrogens is 256 g/mol. The highest BCUT2D eigenvalue weighted by atomic mass is 16.2. The number of carbonyl (C=O) groups excluding carboxylic acids is 2. The first-order chi connectivity index (χ1) is 9.58. The zero-order chi connectivity index (χ0) is 14.5. The third-order valence-corrected chi connectivity index (χ3v) is 3.29. The second kappa shape index (κ2) is 6.47. The van der Waals surface area contributed by atoms with Crippen LogP contribution < -0.4 is 10.6 Å². The van der Waals surface area contributed by atoms with E-state index in [9.17, 15) is 9.59 Å². The van der Waals surface area contributed by atoms with Gasteiger partial charge in [0, 0.05) is 31.5 Å². The van der Waals surface area contributed by atoms with Gasteiger partial charge in [-0.2, -0.15) is 0 Å². The molecule has 2 N–H and O–H groups in total. The minimum absolute atomic E-state index is 0.00357. The molecule has 0 spiro atoms. The normalized spacial score (nSPS) is 18.8. The van der Waals surface area contributed by atoms with E-state index in [4.69, 9.17) is 0 Å². The lowest BCUT2D eigenvalue weighted by molar-refractivity contribution is -0.137. The van der Waals surface area contributed by atoms with Gasteiger partial charge in [0.25, 0.3) is 0 Å². The maximum Gasteiger partial charge on any atom is 0.242 e. The van der Waals surface area contributed by atoms with Gasteiger partial charge in [0.05, 0.1) is 6.54 Å². The molecule has 6 heteroatoms. The molecule has 20 heavy (non-hydrogen) atoms. The predicted octanol–water partition coefficient (Wildman–Crippen LogP) is -0.0934. The van der Waals surface area contributed by atoms with E-state index in [2.05, 4.69) is 15.6 Å². The summed E-state index contributed by atoms with van der Waals surface area (Å²) in [6.45, 7) is 5.02. The van der Waals surface area contributed by atoms with Gasteiger partial charge in [0.2, 0.25) is 11.8 Å². The second-order valence-electron chi connectivity index (χ2n) is 5.16. The zero-order valence-electron chi connectivity index (χ0n) is 11.8. The maximum absolute atomic E-state index is 12.5. The van der Waals surface area contributed by atoms with Crippen molar-refractivity contribution in [2.24, 2.45) is 0 Å².